The predicted molar refractivity (Wildman–Crippen MR) is 138 cm³/mol. The number of aromatic nitrogens is 2. The van der Waals surface area contributed by atoms with Gasteiger partial charge in [0.15, 0.2) is 0 Å². The third kappa shape index (κ3) is 5.67. The molecule has 3 N–H and O–H groups in total. The van der Waals surface area contributed by atoms with Crippen molar-refractivity contribution in [1.82, 2.24) is 14.9 Å². The fraction of sp³-hybridized carbons (Fsp3) is 0.308. The van der Waals surface area contributed by atoms with Gasteiger partial charge < -0.3 is 16.0 Å². The Morgan fingerprint density at radius 2 is 1.94 bits per heavy atom. The quantitative estimate of drug-likeness (QED) is 0.387. The minimum Gasteiger partial charge on any atom is -0.397 e. The lowest BCUT2D eigenvalue weighted by atomic mass is 9.99. The summed E-state index contributed by atoms with van der Waals surface area (Å²) in [5.74, 6) is 0.738. The molecule has 32 heavy (non-hydrogen) atoms. The fourth-order valence-corrected chi connectivity index (χ4v) is 3.71. The molecule has 2 heterocycles. The highest BCUT2D eigenvalue weighted by Gasteiger charge is 2.11. The maximum absolute atomic E-state index is 6.58. The molecule has 0 aliphatic heterocycles. The molecule has 0 spiro atoms. The number of allylic oxidation sites excluding steroid dienone is 1. The van der Waals surface area contributed by atoms with Crippen molar-refractivity contribution in [3.8, 4) is 11.1 Å². The maximum atomic E-state index is 6.58. The number of halogens is 1. The molecule has 1 aromatic carbocycles. The van der Waals surface area contributed by atoms with Crippen LogP contribution in [0.4, 0.5) is 11.5 Å². The number of anilines is 2. The summed E-state index contributed by atoms with van der Waals surface area (Å²) in [6.45, 7) is 13.7. The van der Waals surface area contributed by atoms with Gasteiger partial charge >= 0.3 is 0 Å². The van der Waals surface area contributed by atoms with Crippen LogP contribution in [0.3, 0.4) is 0 Å². The fourth-order valence-electron chi connectivity index (χ4n) is 3.43. The van der Waals surface area contributed by atoms with Gasteiger partial charge in [-0.15, -0.1) is 0 Å². The molecule has 0 fully saturated rings. The highest BCUT2D eigenvalue weighted by atomic mass is 35.5. The topological polar surface area (TPSA) is 67.1 Å². The molecule has 0 aliphatic rings. The van der Waals surface area contributed by atoms with Crippen LogP contribution < -0.4 is 11.1 Å². The molecule has 0 atom stereocenters. The molecule has 2 aromatic heterocycles. The number of pyridine rings is 2. The summed E-state index contributed by atoms with van der Waals surface area (Å²) in [7, 11) is 2.14. The van der Waals surface area contributed by atoms with Crippen molar-refractivity contribution in [2.24, 2.45) is 0 Å². The van der Waals surface area contributed by atoms with E-state index in [2.05, 4.69) is 66.7 Å². The minimum atomic E-state index is 0.538. The first-order chi connectivity index (χ1) is 15.2. The van der Waals surface area contributed by atoms with E-state index in [0.717, 1.165) is 51.9 Å². The molecule has 0 saturated heterocycles. The van der Waals surface area contributed by atoms with Crippen LogP contribution >= 0.6 is 11.6 Å². The van der Waals surface area contributed by atoms with Crippen LogP contribution in [-0.2, 0) is 0 Å². The number of hydrogen-bond donors (Lipinski definition) is 2. The van der Waals surface area contributed by atoms with E-state index in [-0.39, 0.29) is 0 Å². The second kappa shape index (κ2) is 10.2. The van der Waals surface area contributed by atoms with Crippen molar-refractivity contribution < 1.29 is 0 Å². The molecule has 0 unspecified atom stereocenters. The molecule has 0 bridgehead atoms. The van der Waals surface area contributed by atoms with Gasteiger partial charge in [0.2, 0.25) is 0 Å². The molecule has 6 heteroatoms. The molecular weight excluding hydrogens is 418 g/mol. The van der Waals surface area contributed by atoms with E-state index >= 15 is 0 Å². The van der Waals surface area contributed by atoms with E-state index in [9.17, 15) is 0 Å². The number of nitrogens with two attached hydrogens (primary N) is 1. The number of hydrogen-bond acceptors (Lipinski definition) is 5. The van der Waals surface area contributed by atoms with Crippen LogP contribution in [0, 0.1) is 6.92 Å². The van der Waals surface area contributed by atoms with Crippen LogP contribution in [0.5, 0.6) is 0 Å². The standard InChI is InChI=1S/C26H32ClN5/c1-16(2)32(6)8-7-17(3)9-18(4)31-26-12-20-10-22(24(27)11-21(20)13-30-26)23-14-29-15-25(28)19(23)5/h9-16H,4,7-8,28H2,1-3,5-6H3,(H,30,31)/b17-9+. The summed E-state index contributed by atoms with van der Waals surface area (Å²) in [5.41, 5.74) is 11.6. The third-order valence-corrected chi connectivity index (χ3v) is 6.11. The number of nitrogens with one attached hydrogen (secondary N) is 1. The van der Waals surface area contributed by atoms with Gasteiger partial charge in [-0.2, -0.15) is 0 Å². The first kappa shape index (κ1) is 23.8. The Morgan fingerprint density at radius 1 is 1.19 bits per heavy atom. The number of nitrogens with zero attached hydrogens (tertiary/aromatic N) is 3. The van der Waals surface area contributed by atoms with Crippen molar-refractivity contribution in [1.29, 1.82) is 0 Å². The summed E-state index contributed by atoms with van der Waals surface area (Å²) in [4.78, 5) is 11.1. The Hall–Kier alpha value is -2.89. The maximum Gasteiger partial charge on any atom is 0.130 e. The van der Waals surface area contributed by atoms with E-state index in [1.807, 2.05) is 25.3 Å². The summed E-state index contributed by atoms with van der Waals surface area (Å²) in [5, 5.41) is 5.94. The Morgan fingerprint density at radius 3 is 2.66 bits per heavy atom. The monoisotopic (exact) mass is 449 g/mol. The third-order valence-electron chi connectivity index (χ3n) is 5.80. The lowest BCUT2D eigenvalue weighted by Gasteiger charge is -2.21. The van der Waals surface area contributed by atoms with Crippen LogP contribution in [0.2, 0.25) is 5.02 Å². The second-order valence-corrected chi connectivity index (χ2v) is 9.02. The van der Waals surface area contributed by atoms with Gasteiger partial charge in [-0.3, -0.25) is 4.98 Å². The van der Waals surface area contributed by atoms with Gasteiger partial charge in [0.1, 0.15) is 5.82 Å². The number of fused-ring (bicyclic) bond motifs is 1. The molecule has 0 amide bonds. The zero-order valence-electron chi connectivity index (χ0n) is 19.5. The summed E-state index contributed by atoms with van der Waals surface area (Å²) >= 11 is 6.58. The van der Waals surface area contributed by atoms with Gasteiger partial charge in [-0.25, -0.2) is 4.98 Å². The van der Waals surface area contributed by atoms with Crippen LogP contribution in [0.15, 0.2) is 60.7 Å². The van der Waals surface area contributed by atoms with E-state index in [4.69, 9.17) is 17.3 Å². The van der Waals surface area contributed by atoms with Gasteiger partial charge in [0, 0.05) is 52.2 Å². The number of rotatable bonds is 8. The van der Waals surface area contributed by atoms with Crippen molar-refractivity contribution >= 4 is 33.9 Å². The molecule has 0 aliphatic carbocycles. The minimum absolute atomic E-state index is 0.538. The Bertz CT molecular complexity index is 1170. The predicted octanol–water partition coefficient (Wildman–Crippen LogP) is 6.44. The zero-order valence-corrected chi connectivity index (χ0v) is 20.3. The number of nitrogen functional groups attached to an aromatic ring is 1. The average molecular weight is 450 g/mol. The highest BCUT2D eigenvalue weighted by molar-refractivity contribution is 6.34. The molecule has 0 radical (unpaired) electrons. The van der Waals surface area contributed by atoms with Gasteiger partial charge in [-0.05, 0) is 76.4 Å². The van der Waals surface area contributed by atoms with Crippen molar-refractivity contribution in [3.63, 3.8) is 0 Å². The van der Waals surface area contributed by atoms with Gasteiger partial charge in [0.25, 0.3) is 0 Å². The summed E-state index contributed by atoms with van der Waals surface area (Å²) in [6, 6.07) is 6.52. The Labute approximate surface area is 196 Å². The van der Waals surface area contributed by atoms with E-state index < -0.39 is 0 Å². The van der Waals surface area contributed by atoms with E-state index in [1.165, 1.54) is 5.57 Å². The molecule has 3 rings (SSSR count). The normalized spacial score (nSPS) is 12.1. The molecule has 168 valence electrons. The molecule has 3 aromatic rings. The first-order valence-corrected chi connectivity index (χ1v) is 11.2. The lowest BCUT2D eigenvalue weighted by Crippen LogP contribution is -2.27. The molecular formula is C26H32ClN5. The summed E-state index contributed by atoms with van der Waals surface area (Å²) < 4.78 is 0. The second-order valence-electron chi connectivity index (χ2n) is 8.62. The van der Waals surface area contributed by atoms with Crippen LogP contribution in [0.1, 0.15) is 32.8 Å². The van der Waals surface area contributed by atoms with Crippen LogP contribution in [0.25, 0.3) is 21.9 Å². The zero-order chi connectivity index (χ0) is 23.4. The smallest absolute Gasteiger partial charge is 0.130 e. The Kier molecular flexibility index (Phi) is 7.54. The van der Waals surface area contributed by atoms with Gasteiger partial charge in [-0.1, -0.05) is 23.8 Å². The largest absolute Gasteiger partial charge is 0.397 e. The highest BCUT2D eigenvalue weighted by Crippen LogP contribution is 2.35. The Balaban J connectivity index is 1.81. The van der Waals surface area contributed by atoms with Gasteiger partial charge in [0.05, 0.1) is 11.9 Å². The van der Waals surface area contributed by atoms with Crippen molar-refractivity contribution in [3.05, 3.63) is 71.3 Å². The van der Waals surface area contributed by atoms with Crippen molar-refractivity contribution in [2.75, 3.05) is 24.6 Å². The first-order valence-electron chi connectivity index (χ1n) is 10.8. The van der Waals surface area contributed by atoms with Crippen molar-refractivity contribution in [2.45, 2.75) is 40.2 Å². The summed E-state index contributed by atoms with van der Waals surface area (Å²) in [6.07, 6.45) is 8.34. The lowest BCUT2D eigenvalue weighted by molar-refractivity contribution is 0.277. The average Bonchev–Trinajstić information content (AvgIpc) is 2.73. The SMILES string of the molecule is C=C(/C=C(\C)CCN(C)C(C)C)Nc1cc2cc(-c3cncc(N)c3C)c(Cl)cc2cn1. The molecule has 0 saturated carbocycles. The van der Waals surface area contributed by atoms with E-state index in [0.29, 0.717) is 16.8 Å². The van der Waals surface area contributed by atoms with E-state index in [1.54, 1.807) is 12.4 Å². The van der Waals surface area contributed by atoms with Crippen LogP contribution in [-0.4, -0.2) is 34.5 Å². The molecule has 5 nitrogen and oxygen atoms in total. The number of benzene rings is 1.